The summed E-state index contributed by atoms with van der Waals surface area (Å²) in [5, 5.41) is 13.3. The Morgan fingerprint density at radius 2 is 2.25 bits per heavy atom. The maximum Gasteiger partial charge on any atom is 0.256 e. The number of carbonyl (C=O) groups excluding carboxylic acids is 1. The first-order chi connectivity index (χ1) is 9.72. The minimum absolute atomic E-state index is 0.147. The second-order valence-electron chi connectivity index (χ2n) is 4.17. The standard InChI is InChI=1S/C16H15NO2S/c1-2-12-5-3-6-14(9-12)17-16(19)13-10-15(20-11-13)7-4-8-18/h3,5-6,9-11,18H,2,8H2,1H3,(H,17,19). The first-order valence-electron chi connectivity index (χ1n) is 6.31. The van der Waals surface area contributed by atoms with Crippen LogP contribution in [-0.2, 0) is 6.42 Å². The topological polar surface area (TPSA) is 49.3 Å². The number of nitrogens with one attached hydrogen (secondary N) is 1. The maximum atomic E-state index is 12.1. The van der Waals surface area contributed by atoms with Crippen LogP contribution in [0.15, 0.2) is 35.7 Å². The van der Waals surface area contributed by atoms with Gasteiger partial charge in [0.2, 0.25) is 0 Å². The molecule has 4 heteroatoms. The van der Waals surface area contributed by atoms with Gasteiger partial charge < -0.3 is 10.4 Å². The van der Waals surface area contributed by atoms with Crippen LogP contribution in [0.2, 0.25) is 0 Å². The first kappa shape index (κ1) is 14.3. The summed E-state index contributed by atoms with van der Waals surface area (Å²) < 4.78 is 0. The Kier molecular flexibility index (Phi) is 4.94. The van der Waals surface area contributed by atoms with Crippen LogP contribution >= 0.6 is 11.3 Å². The zero-order valence-electron chi connectivity index (χ0n) is 11.1. The van der Waals surface area contributed by atoms with Crippen molar-refractivity contribution in [2.24, 2.45) is 0 Å². The van der Waals surface area contributed by atoms with Gasteiger partial charge in [0.05, 0.1) is 10.4 Å². The Bertz CT molecular complexity index is 664. The molecule has 0 aliphatic carbocycles. The number of carbonyl (C=O) groups is 1. The van der Waals surface area contributed by atoms with E-state index >= 15 is 0 Å². The number of hydrogen-bond donors (Lipinski definition) is 2. The highest BCUT2D eigenvalue weighted by molar-refractivity contribution is 7.10. The van der Waals surface area contributed by atoms with Crippen molar-refractivity contribution in [1.29, 1.82) is 0 Å². The Hall–Kier alpha value is -2.09. The van der Waals surface area contributed by atoms with Gasteiger partial charge in [0, 0.05) is 11.1 Å². The summed E-state index contributed by atoms with van der Waals surface area (Å²) in [6.45, 7) is 1.90. The molecule has 1 aromatic heterocycles. The predicted molar refractivity (Wildman–Crippen MR) is 82.1 cm³/mol. The smallest absolute Gasteiger partial charge is 0.256 e. The summed E-state index contributed by atoms with van der Waals surface area (Å²) in [5.74, 6) is 5.21. The molecule has 2 N–H and O–H groups in total. The fourth-order valence-electron chi connectivity index (χ4n) is 1.72. The van der Waals surface area contributed by atoms with E-state index in [1.54, 1.807) is 11.4 Å². The molecular weight excluding hydrogens is 270 g/mol. The van der Waals surface area contributed by atoms with E-state index in [9.17, 15) is 4.79 Å². The van der Waals surface area contributed by atoms with Crippen molar-refractivity contribution in [3.8, 4) is 11.8 Å². The van der Waals surface area contributed by atoms with Gasteiger partial charge in [-0.25, -0.2) is 0 Å². The largest absolute Gasteiger partial charge is 0.384 e. The average molecular weight is 285 g/mol. The van der Waals surface area contributed by atoms with Gasteiger partial charge in [-0.2, -0.15) is 0 Å². The van der Waals surface area contributed by atoms with Crippen LogP contribution < -0.4 is 5.32 Å². The highest BCUT2D eigenvalue weighted by atomic mass is 32.1. The lowest BCUT2D eigenvalue weighted by Crippen LogP contribution is -2.10. The van der Waals surface area contributed by atoms with E-state index in [0.717, 1.165) is 17.0 Å². The summed E-state index contributed by atoms with van der Waals surface area (Å²) in [6, 6.07) is 9.53. The highest BCUT2D eigenvalue weighted by Gasteiger charge is 2.08. The Balaban J connectivity index is 2.09. The zero-order valence-corrected chi connectivity index (χ0v) is 12.0. The molecule has 0 unspecified atom stereocenters. The summed E-state index contributed by atoms with van der Waals surface area (Å²) in [4.78, 5) is 12.9. The van der Waals surface area contributed by atoms with E-state index in [1.807, 2.05) is 24.3 Å². The van der Waals surface area contributed by atoms with Crippen LogP contribution in [0.25, 0.3) is 0 Å². The minimum Gasteiger partial charge on any atom is -0.384 e. The Morgan fingerprint density at radius 1 is 1.40 bits per heavy atom. The molecule has 0 aliphatic heterocycles. The number of hydrogen-bond acceptors (Lipinski definition) is 3. The normalized spacial score (nSPS) is 9.70. The Morgan fingerprint density at radius 3 is 3.00 bits per heavy atom. The molecule has 1 aromatic carbocycles. The number of anilines is 1. The summed E-state index contributed by atoms with van der Waals surface area (Å²) in [5.41, 5.74) is 2.56. The van der Waals surface area contributed by atoms with Gasteiger partial charge in [0.15, 0.2) is 0 Å². The predicted octanol–water partition coefficient (Wildman–Crippen LogP) is 2.91. The molecule has 1 heterocycles. The van der Waals surface area contributed by atoms with E-state index in [2.05, 4.69) is 24.1 Å². The summed E-state index contributed by atoms with van der Waals surface area (Å²) in [6.07, 6.45) is 0.934. The molecule has 0 bridgehead atoms. The third-order valence-electron chi connectivity index (χ3n) is 2.75. The van der Waals surface area contributed by atoms with Crippen LogP contribution in [0.5, 0.6) is 0 Å². The monoisotopic (exact) mass is 285 g/mol. The second-order valence-corrected chi connectivity index (χ2v) is 5.08. The van der Waals surface area contributed by atoms with E-state index in [-0.39, 0.29) is 12.5 Å². The van der Waals surface area contributed by atoms with Gasteiger partial charge in [0.1, 0.15) is 6.61 Å². The molecule has 102 valence electrons. The fraction of sp³-hybridized carbons (Fsp3) is 0.188. The second kappa shape index (κ2) is 6.90. The number of rotatable bonds is 3. The van der Waals surface area contributed by atoms with Crippen molar-refractivity contribution in [2.45, 2.75) is 13.3 Å². The number of aliphatic hydroxyl groups is 1. The van der Waals surface area contributed by atoms with Crippen molar-refractivity contribution in [3.63, 3.8) is 0 Å². The van der Waals surface area contributed by atoms with Gasteiger partial charge in [-0.15, -0.1) is 11.3 Å². The van der Waals surface area contributed by atoms with Crippen LogP contribution in [0.1, 0.15) is 27.7 Å². The zero-order chi connectivity index (χ0) is 14.4. The third-order valence-corrected chi connectivity index (χ3v) is 3.59. The summed E-state index contributed by atoms with van der Waals surface area (Å²) >= 11 is 1.39. The maximum absolute atomic E-state index is 12.1. The lowest BCUT2D eigenvalue weighted by atomic mass is 10.1. The molecule has 0 spiro atoms. The molecule has 0 fully saturated rings. The molecule has 0 radical (unpaired) electrons. The van der Waals surface area contributed by atoms with Gasteiger partial charge in [-0.05, 0) is 30.2 Å². The molecule has 2 aromatic rings. The molecule has 20 heavy (non-hydrogen) atoms. The molecule has 3 nitrogen and oxygen atoms in total. The van der Waals surface area contributed by atoms with Crippen LogP contribution in [0, 0.1) is 11.8 Å². The average Bonchev–Trinajstić information content (AvgIpc) is 2.94. The van der Waals surface area contributed by atoms with Gasteiger partial charge >= 0.3 is 0 Å². The van der Waals surface area contributed by atoms with Crippen molar-refractivity contribution in [1.82, 2.24) is 0 Å². The molecule has 2 rings (SSSR count). The number of aliphatic hydroxyl groups excluding tert-OH is 1. The van der Waals surface area contributed by atoms with Crippen molar-refractivity contribution >= 4 is 22.9 Å². The number of thiophene rings is 1. The van der Waals surface area contributed by atoms with E-state index < -0.39 is 0 Å². The van der Waals surface area contributed by atoms with Crippen LogP contribution in [0.4, 0.5) is 5.69 Å². The van der Waals surface area contributed by atoms with Gasteiger partial charge in [-0.3, -0.25) is 4.79 Å². The van der Waals surface area contributed by atoms with Crippen molar-refractivity contribution < 1.29 is 9.90 Å². The summed E-state index contributed by atoms with van der Waals surface area (Å²) in [7, 11) is 0. The number of aryl methyl sites for hydroxylation is 1. The molecular formula is C16H15NO2S. The molecule has 0 saturated carbocycles. The Labute approximate surface area is 122 Å². The van der Waals surface area contributed by atoms with E-state index in [0.29, 0.717) is 5.56 Å². The molecule has 0 aliphatic rings. The molecule has 1 amide bonds. The third kappa shape index (κ3) is 3.70. The van der Waals surface area contributed by atoms with E-state index in [4.69, 9.17) is 5.11 Å². The van der Waals surface area contributed by atoms with Crippen molar-refractivity contribution in [2.75, 3.05) is 11.9 Å². The van der Waals surface area contributed by atoms with Crippen LogP contribution in [0.3, 0.4) is 0 Å². The first-order valence-corrected chi connectivity index (χ1v) is 7.19. The van der Waals surface area contributed by atoms with Crippen molar-refractivity contribution in [3.05, 3.63) is 51.7 Å². The minimum atomic E-state index is -0.177. The van der Waals surface area contributed by atoms with Crippen LogP contribution in [-0.4, -0.2) is 17.6 Å². The SMILES string of the molecule is CCc1cccc(NC(=O)c2csc(C#CCO)c2)c1. The fourth-order valence-corrected chi connectivity index (χ4v) is 2.47. The number of amides is 1. The van der Waals surface area contributed by atoms with E-state index in [1.165, 1.54) is 16.9 Å². The van der Waals surface area contributed by atoms with Gasteiger partial charge in [0.25, 0.3) is 5.91 Å². The lowest BCUT2D eigenvalue weighted by Gasteiger charge is -2.05. The highest BCUT2D eigenvalue weighted by Crippen LogP contribution is 2.17. The number of benzene rings is 1. The quantitative estimate of drug-likeness (QED) is 0.852. The lowest BCUT2D eigenvalue weighted by molar-refractivity contribution is 0.102. The molecule has 0 atom stereocenters. The molecule has 0 saturated heterocycles. The van der Waals surface area contributed by atoms with Gasteiger partial charge in [-0.1, -0.05) is 30.9 Å².